The molecule has 2 atom stereocenters. The Morgan fingerprint density at radius 1 is 0.975 bits per heavy atom. The highest BCUT2D eigenvalue weighted by Crippen LogP contribution is 2.42. The molecular formula is C31H24Cl2N4O2S. The zero-order chi connectivity index (χ0) is 27.6. The van der Waals surface area contributed by atoms with Gasteiger partial charge < -0.3 is 20.0 Å². The molecular weight excluding hydrogens is 563 g/mol. The van der Waals surface area contributed by atoms with Crippen LogP contribution in [0.25, 0.3) is 22.1 Å². The highest BCUT2D eigenvalue weighted by atomic mass is 35.5. The second-order valence-electron chi connectivity index (χ2n) is 9.45. The Kier molecular flexibility index (Phi) is 7.43. The van der Waals surface area contributed by atoms with Crippen LogP contribution >= 0.6 is 35.4 Å². The number of halogens is 2. The maximum absolute atomic E-state index is 13.1. The Balaban J connectivity index is 1.27. The number of carbonyl (C=O) groups excluding carboxylic acids is 1. The van der Waals surface area contributed by atoms with Crippen LogP contribution < -0.4 is 10.6 Å². The number of nitrogens with one attached hydrogen (secondary N) is 2. The average molecular weight is 588 g/mol. The second-order valence-corrected chi connectivity index (χ2v) is 10.6. The summed E-state index contributed by atoms with van der Waals surface area (Å²) in [5.41, 5.74) is 2.29. The smallest absolute Gasteiger partial charge is 0.226 e. The predicted octanol–water partition coefficient (Wildman–Crippen LogP) is 7.80. The number of carbonyl (C=O) groups is 1. The largest absolute Gasteiger partial charge is 0.459 e. The van der Waals surface area contributed by atoms with E-state index >= 15 is 0 Å². The van der Waals surface area contributed by atoms with Crippen molar-refractivity contribution in [3.8, 4) is 11.3 Å². The second kappa shape index (κ2) is 11.3. The summed E-state index contributed by atoms with van der Waals surface area (Å²) in [5.74, 6) is 1.15. The summed E-state index contributed by atoms with van der Waals surface area (Å²) in [6.07, 6.45) is 1.97. The molecule has 1 amide bonds. The molecule has 0 saturated carbocycles. The monoisotopic (exact) mass is 586 g/mol. The van der Waals surface area contributed by atoms with Gasteiger partial charge in [0.25, 0.3) is 0 Å². The fourth-order valence-corrected chi connectivity index (χ4v) is 5.80. The Morgan fingerprint density at radius 3 is 2.62 bits per heavy atom. The van der Waals surface area contributed by atoms with E-state index in [-0.39, 0.29) is 24.4 Å². The summed E-state index contributed by atoms with van der Waals surface area (Å²) in [6, 6.07) is 28.2. The van der Waals surface area contributed by atoms with Gasteiger partial charge in [-0.05, 0) is 60.1 Å². The van der Waals surface area contributed by atoms with Crippen molar-refractivity contribution in [3.05, 3.63) is 119 Å². The topological polar surface area (TPSA) is 70.4 Å². The number of aromatic nitrogens is 1. The molecule has 2 N–H and O–H groups in total. The number of hydrogen-bond acceptors (Lipinski definition) is 4. The molecule has 0 radical (unpaired) electrons. The molecule has 6 nitrogen and oxygen atoms in total. The highest BCUT2D eigenvalue weighted by molar-refractivity contribution is 7.80. The zero-order valence-electron chi connectivity index (χ0n) is 21.2. The average Bonchev–Trinajstić information content (AvgIpc) is 3.58. The van der Waals surface area contributed by atoms with Crippen molar-refractivity contribution >= 4 is 62.9 Å². The van der Waals surface area contributed by atoms with E-state index in [0.717, 1.165) is 22.2 Å². The van der Waals surface area contributed by atoms with E-state index in [0.29, 0.717) is 38.8 Å². The third kappa shape index (κ3) is 5.16. The summed E-state index contributed by atoms with van der Waals surface area (Å²) < 4.78 is 6.36. The Bertz CT molecular complexity index is 1700. The zero-order valence-corrected chi connectivity index (χ0v) is 23.5. The SMILES string of the molecule is O=C(CCN1C(=S)NC(c2ccccn2)C1c1ccc(-c2cccc(Cl)c2Cl)o1)Nc1cccc2ccccc12. The molecule has 3 aromatic carbocycles. The Labute approximate surface area is 246 Å². The Morgan fingerprint density at radius 2 is 1.77 bits per heavy atom. The fourth-order valence-electron chi connectivity index (χ4n) is 5.08. The number of amides is 1. The van der Waals surface area contributed by atoms with Crippen molar-refractivity contribution in [1.29, 1.82) is 0 Å². The van der Waals surface area contributed by atoms with Gasteiger partial charge in [-0.2, -0.15) is 0 Å². The first-order valence-electron chi connectivity index (χ1n) is 12.8. The lowest BCUT2D eigenvalue weighted by Gasteiger charge is -2.26. The lowest BCUT2D eigenvalue weighted by molar-refractivity contribution is -0.116. The van der Waals surface area contributed by atoms with E-state index in [9.17, 15) is 4.79 Å². The van der Waals surface area contributed by atoms with Crippen LogP contribution in [0.3, 0.4) is 0 Å². The van der Waals surface area contributed by atoms with Gasteiger partial charge in [0.1, 0.15) is 17.6 Å². The number of anilines is 1. The number of pyridine rings is 1. The van der Waals surface area contributed by atoms with E-state index in [1.165, 1.54) is 0 Å². The van der Waals surface area contributed by atoms with E-state index in [1.54, 1.807) is 12.3 Å². The minimum Gasteiger partial charge on any atom is -0.459 e. The van der Waals surface area contributed by atoms with Gasteiger partial charge in [0.15, 0.2) is 5.11 Å². The summed E-state index contributed by atoms with van der Waals surface area (Å²) >= 11 is 18.5. The molecule has 2 unspecified atom stereocenters. The summed E-state index contributed by atoms with van der Waals surface area (Å²) in [6.45, 7) is 0.379. The number of thiocarbonyl (C=S) groups is 1. The van der Waals surface area contributed by atoms with Gasteiger partial charge in [-0.15, -0.1) is 0 Å². The Hall–Kier alpha value is -3.91. The summed E-state index contributed by atoms with van der Waals surface area (Å²) in [5, 5.41) is 9.92. The van der Waals surface area contributed by atoms with Gasteiger partial charge in [0.2, 0.25) is 5.91 Å². The predicted molar refractivity (Wildman–Crippen MR) is 164 cm³/mol. The molecule has 1 aliphatic rings. The molecule has 1 fully saturated rings. The highest BCUT2D eigenvalue weighted by Gasteiger charge is 2.41. The first kappa shape index (κ1) is 26.3. The first-order valence-corrected chi connectivity index (χ1v) is 14.0. The summed E-state index contributed by atoms with van der Waals surface area (Å²) in [7, 11) is 0. The van der Waals surface area contributed by atoms with Crippen LogP contribution in [-0.4, -0.2) is 27.4 Å². The van der Waals surface area contributed by atoms with Gasteiger partial charge in [0, 0.05) is 35.8 Å². The van der Waals surface area contributed by atoms with Crippen molar-refractivity contribution in [1.82, 2.24) is 15.2 Å². The van der Waals surface area contributed by atoms with Gasteiger partial charge >= 0.3 is 0 Å². The lowest BCUT2D eigenvalue weighted by atomic mass is 10.0. The molecule has 3 heterocycles. The molecule has 1 saturated heterocycles. The van der Waals surface area contributed by atoms with E-state index in [4.69, 9.17) is 39.8 Å². The van der Waals surface area contributed by atoms with Crippen molar-refractivity contribution in [2.75, 3.05) is 11.9 Å². The fraction of sp³-hybridized carbons (Fsp3) is 0.129. The molecule has 40 heavy (non-hydrogen) atoms. The van der Waals surface area contributed by atoms with Crippen molar-refractivity contribution < 1.29 is 9.21 Å². The normalized spacial score (nSPS) is 16.8. The minimum atomic E-state index is -0.334. The van der Waals surface area contributed by atoms with E-state index in [1.807, 2.05) is 89.8 Å². The van der Waals surface area contributed by atoms with Crippen LogP contribution in [0.2, 0.25) is 10.0 Å². The van der Waals surface area contributed by atoms with Crippen molar-refractivity contribution in [3.63, 3.8) is 0 Å². The van der Waals surface area contributed by atoms with Crippen molar-refractivity contribution in [2.24, 2.45) is 0 Å². The van der Waals surface area contributed by atoms with Crippen LogP contribution in [0, 0.1) is 0 Å². The molecule has 6 rings (SSSR count). The number of hydrogen-bond donors (Lipinski definition) is 2. The van der Waals surface area contributed by atoms with Gasteiger partial charge in [0.05, 0.1) is 21.8 Å². The molecule has 9 heteroatoms. The molecule has 0 bridgehead atoms. The standard InChI is InChI=1S/C31H24Cl2N4O2S/c32-22-11-6-10-21(28(22)33)25-14-15-26(39-25)30-29(24-12-3-4-17-34-24)36-31(40)37(30)18-16-27(38)35-23-13-5-8-19-7-1-2-9-20(19)23/h1-15,17,29-30H,16,18H2,(H,35,38)(H,36,40). The van der Waals surface area contributed by atoms with Gasteiger partial charge in [-0.1, -0.05) is 71.7 Å². The van der Waals surface area contributed by atoms with Gasteiger partial charge in [-0.25, -0.2) is 0 Å². The van der Waals surface area contributed by atoms with Crippen LogP contribution in [0.1, 0.15) is 30.0 Å². The summed E-state index contributed by atoms with van der Waals surface area (Å²) in [4.78, 5) is 19.7. The van der Waals surface area contributed by atoms with Crippen LogP contribution in [0.15, 0.2) is 102 Å². The molecule has 0 aliphatic carbocycles. The number of rotatable bonds is 7. The van der Waals surface area contributed by atoms with Crippen LogP contribution in [0.4, 0.5) is 5.69 Å². The van der Waals surface area contributed by atoms with E-state index < -0.39 is 0 Å². The quantitative estimate of drug-likeness (QED) is 0.189. The van der Waals surface area contributed by atoms with E-state index in [2.05, 4.69) is 15.6 Å². The number of fused-ring (bicyclic) bond motifs is 1. The van der Waals surface area contributed by atoms with Crippen LogP contribution in [-0.2, 0) is 4.79 Å². The molecule has 0 spiro atoms. The first-order chi connectivity index (χ1) is 19.5. The molecule has 200 valence electrons. The van der Waals surface area contributed by atoms with Crippen molar-refractivity contribution in [2.45, 2.75) is 18.5 Å². The number of furan rings is 1. The van der Waals surface area contributed by atoms with Gasteiger partial charge in [-0.3, -0.25) is 9.78 Å². The minimum absolute atomic E-state index is 0.106. The molecule has 1 aliphatic heterocycles. The maximum atomic E-state index is 13.1. The third-order valence-corrected chi connectivity index (χ3v) is 8.15. The number of nitrogens with zero attached hydrogens (tertiary/aromatic N) is 2. The molecule has 5 aromatic rings. The third-order valence-electron chi connectivity index (χ3n) is 6.98. The molecule has 2 aromatic heterocycles. The lowest BCUT2D eigenvalue weighted by Crippen LogP contribution is -2.32. The number of benzene rings is 3. The maximum Gasteiger partial charge on any atom is 0.226 e. The van der Waals surface area contributed by atoms with Crippen LogP contribution in [0.5, 0.6) is 0 Å².